The smallest absolute Gasteiger partial charge is 0.262 e. The predicted molar refractivity (Wildman–Crippen MR) is 86.6 cm³/mol. The first-order chi connectivity index (χ1) is 11.2. The molecule has 1 saturated heterocycles. The van der Waals surface area contributed by atoms with Gasteiger partial charge in [-0.1, -0.05) is 18.2 Å². The number of carbonyl (C=O) groups is 1. The van der Waals surface area contributed by atoms with E-state index >= 15 is 0 Å². The molecule has 0 aliphatic carbocycles. The number of rotatable bonds is 5. The number of hydrogen-bond acceptors (Lipinski definition) is 4. The van der Waals surface area contributed by atoms with Crippen molar-refractivity contribution in [1.29, 1.82) is 0 Å². The fraction of sp³-hybridized carbons (Fsp3) is 0.412. The number of amides is 1. The van der Waals surface area contributed by atoms with E-state index in [-0.39, 0.29) is 12.5 Å². The van der Waals surface area contributed by atoms with E-state index in [9.17, 15) is 4.79 Å². The molecule has 0 atom stereocenters. The highest BCUT2D eigenvalue weighted by molar-refractivity contribution is 5.91. The second-order valence-electron chi connectivity index (χ2n) is 5.65. The Hall–Kier alpha value is -2.34. The lowest BCUT2D eigenvalue weighted by atomic mass is 10.1. The average Bonchev–Trinajstić information content (AvgIpc) is 3.03. The maximum atomic E-state index is 12.0. The number of nitrogens with one attached hydrogen (secondary N) is 1. The molecule has 2 aromatic rings. The summed E-state index contributed by atoms with van der Waals surface area (Å²) in [7, 11) is 0. The van der Waals surface area contributed by atoms with Crippen LogP contribution in [0.5, 0.6) is 5.75 Å². The molecule has 1 aromatic heterocycles. The Kier molecular flexibility index (Phi) is 4.92. The van der Waals surface area contributed by atoms with Crippen molar-refractivity contribution < 1.29 is 14.3 Å². The van der Waals surface area contributed by atoms with Crippen molar-refractivity contribution in [3.63, 3.8) is 0 Å². The Balaban J connectivity index is 1.52. The SMILES string of the molecule is Cc1ccccc1OCC(=O)Nc1cnn(C2CCOCC2)c1. The molecule has 1 aromatic carbocycles. The Bertz CT molecular complexity index is 663. The summed E-state index contributed by atoms with van der Waals surface area (Å²) in [4.78, 5) is 12.0. The molecule has 0 bridgehead atoms. The molecule has 1 aliphatic heterocycles. The zero-order valence-electron chi connectivity index (χ0n) is 13.2. The first-order valence-electron chi connectivity index (χ1n) is 7.82. The highest BCUT2D eigenvalue weighted by Crippen LogP contribution is 2.21. The summed E-state index contributed by atoms with van der Waals surface area (Å²) >= 11 is 0. The first kappa shape index (κ1) is 15.6. The fourth-order valence-corrected chi connectivity index (χ4v) is 2.61. The van der Waals surface area contributed by atoms with Crippen molar-refractivity contribution in [3.05, 3.63) is 42.2 Å². The summed E-state index contributed by atoms with van der Waals surface area (Å²) in [5, 5.41) is 7.14. The van der Waals surface area contributed by atoms with Crippen molar-refractivity contribution >= 4 is 11.6 Å². The molecule has 3 rings (SSSR count). The summed E-state index contributed by atoms with van der Waals surface area (Å²) in [6, 6.07) is 7.97. The van der Waals surface area contributed by atoms with Gasteiger partial charge in [0.2, 0.25) is 0 Å². The van der Waals surface area contributed by atoms with Gasteiger partial charge in [-0.25, -0.2) is 0 Å². The van der Waals surface area contributed by atoms with E-state index in [1.165, 1.54) is 0 Å². The minimum absolute atomic E-state index is 0.0205. The van der Waals surface area contributed by atoms with Crippen LogP contribution in [0.2, 0.25) is 0 Å². The van der Waals surface area contributed by atoms with Crippen molar-refractivity contribution in [2.75, 3.05) is 25.1 Å². The summed E-state index contributed by atoms with van der Waals surface area (Å²) in [5.74, 6) is 0.528. The van der Waals surface area contributed by atoms with Gasteiger partial charge in [0.1, 0.15) is 5.75 Å². The van der Waals surface area contributed by atoms with Crippen LogP contribution in [0.25, 0.3) is 0 Å². The average molecular weight is 315 g/mol. The third-order valence-corrected chi connectivity index (χ3v) is 3.90. The molecule has 1 N–H and O–H groups in total. The lowest BCUT2D eigenvalue weighted by molar-refractivity contribution is -0.118. The lowest BCUT2D eigenvalue weighted by Crippen LogP contribution is -2.21. The monoisotopic (exact) mass is 315 g/mol. The van der Waals surface area contributed by atoms with Gasteiger partial charge in [0.05, 0.1) is 17.9 Å². The molecular formula is C17H21N3O3. The lowest BCUT2D eigenvalue weighted by Gasteiger charge is -2.22. The van der Waals surface area contributed by atoms with Gasteiger partial charge in [-0.3, -0.25) is 9.48 Å². The molecule has 1 aliphatic rings. The minimum atomic E-state index is -0.195. The Morgan fingerprint density at radius 1 is 1.39 bits per heavy atom. The highest BCUT2D eigenvalue weighted by atomic mass is 16.5. The van der Waals surface area contributed by atoms with Gasteiger partial charge < -0.3 is 14.8 Å². The Morgan fingerprint density at radius 3 is 2.96 bits per heavy atom. The van der Waals surface area contributed by atoms with E-state index in [1.807, 2.05) is 42.1 Å². The number of anilines is 1. The summed E-state index contributed by atoms with van der Waals surface area (Å²) in [6.07, 6.45) is 5.43. The van der Waals surface area contributed by atoms with E-state index in [0.717, 1.165) is 37.4 Å². The van der Waals surface area contributed by atoms with E-state index in [4.69, 9.17) is 9.47 Å². The third kappa shape index (κ3) is 4.10. The third-order valence-electron chi connectivity index (χ3n) is 3.90. The molecule has 122 valence electrons. The van der Waals surface area contributed by atoms with Gasteiger partial charge in [0.15, 0.2) is 6.61 Å². The van der Waals surface area contributed by atoms with Gasteiger partial charge in [0.25, 0.3) is 5.91 Å². The normalized spacial score (nSPS) is 15.3. The second kappa shape index (κ2) is 7.28. The standard InChI is InChI=1S/C17H21N3O3/c1-13-4-2-3-5-16(13)23-12-17(21)19-14-10-18-20(11-14)15-6-8-22-9-7-15/h2-5,10-11,15H,6-9,12H2,1H3,(H,19,21). The molecule has 0 saturated carbocycles. The van der Waals surface area contributed by atoms with Gasteiger partial charge in [-0.15, -0.1) is 0 Å². The summed E-state index contributed by atoms with van der Waals surface area (Å²) < 4.78 is 12.8. The maximum absolute atomic E-state index is 12.0. The minimum Gasteiger partial charge on any atom is -0.483 e. The molecule has 0 radical (unpaired) electrons. The van der Waals surface area contributed by atoms with Crippen LogP contribution in [0, 0.1) is 6.92 Å². The summed E-state index contributed by atoms with van der Waals surface area (Å²) in [6.45, 7) is 3.45. The van der Waals surface area contributed by atoms with Crippen LogP contribution < -0.4 is 10.1 Å². The summed E-state index contributed by atoms with van der Waals surface area (Å²) in [5.41, 5.74) is 1.70. The van der Waals surface area contributed by atoms with Gasteiger partial charge in [-0.2, -0.15) is 5.10 Å². The quantitative estimate of drug-likeness (QED) is 0.921. The number of ether oxygens (including phenoxy) is 2. The van der Waals surface area contributed by atoms with Crippen LogP contribution in [0.4, 0.5) is 5.69 Å². The van der Waals surface area contributed by atoms with Crippen LogP contribution in [-0.2, 0) is 9.53 Å². The van der Waals surface area contributed by atoms with Crippen molar-refractivity contribution in [1.82, 2.24) is 9.78 Å². The molecule has 6 heteroatoms. The molecule has 0 unspecified atom stereocenters. The fourth-order valence-electron chi connectivity index (χ4n) is 2.61. The van der Waals surface area contributed by atoms with Crippen LogP contribution in [0.15, 0.2) is 36.7 Å². The van der Waals surface area contributed by atoms with Gasteiger partial charge in [-0.05, 0) is 31.4 Å². The Morgan fingerprint density at radius 2 is 2.17 bits per heavy atom. The van der Waals surface area contributed by atoms with Crippen LogP contribution in [-0.4, -0.2) is 35.5 Å². The second-order valence-corrected chi connectivity index (χ2v) is 5.65. The number of aromatic nitrogens is 2. The van der Waals surface area contributed by atoms with Crippen LogP contribution in [0.3, 0.4) is 0 Å². The molecule has 0 spiro atoms. The number of aryl methyl sites for hydroxylation is 1. The molecule has 1 amide bonds. The zero-order chi connectivity index (χ0) is 16.1. The van der Waals surface area contributed by atoms with Crippen molar-refractivity contribution in [2.24, 2.45) is 0 Å². The van der Waals surface area contributed by atoms with Crippen molar-refractivity contribution in [2.45, 2.75) is 25.8 Å². The largest absolute Gasteiger partial charge is 0.483 e. The van der Waals surface area contributed by atoms with Crippen molar-refractivity contribution in [3.8, 4) is 5.75 Å². The van der Waals surface area contributed by atoms with Crippen LogP contribution in [0.1, 0.15) is 24.4 Å². The first-order valence-corrected chi connectivity index (χ1v) is 7.82. The zero-order valence-corrected chi connectivity index (χ0v) is 13.2. The van der Waals surface area contributed by atoms with Gasteiger partial charge in [0, 0.05) is 19.4 Å². The molecule has 6 nitrogen and oxygen atoms in total. The van der Waals surface area contributed by atoms with Gasteiger partial charge >= 0.3 is 0 Å². The number of nitrogens with zero attached hydrogens (tertiary/aromatic N) is 2. The number of para-hydroxylation sites is 1. The molecule has 1 fully saturated rings. The van der Waals surface area contributed by atoms with E-state index in [0.29, 0.717) is 11.7 Å². The molecule has 23 heavy (non-hydrogen) atoms. The number of carbonyl (C=O) groups excluding carboxylic acids is 1. The molecule has 2 heterocycles. The molecular weight excluding hydrogens is 294 g/mol. The van der Waals surface area contributed by atoms with E-state index < -0.39 is 0 Å². The maximum Gasteiger partial charge on any atom is 0.262 e. The Labute approximate surface area is 135 Å². The van der Waals surface area contributed by atoms with Crippen LogP contribution >= 0.6 is 0 Å². The topological polar surface area (TPSA) is 65.4 Å². The number of hydrogen-bond donors (Lipinski definition) is 1. The predicted octanol–water partition coefficient (Wildman–Crippen LogP) is 2.56. The van der Waals surface area contributed by atoms with E-state index in [2.05, 4.69) is 10.4 Å². The number of benzene rings is 1. The highest BCUT2D eigenvalue weighted by Gasteiger charge is 2.17. The van der Waals surface area contributed by atoms with E-state index in [1.54, 1.807) is 6.20 Å².